The van der Waals surface area contributed by atoms with E-state index < -0.39 is 11.7 Å². The number of hydrogen-bond acceptors (Lipinski definition) is 4. The van der Waals surface area contributed by atoms with Gasteiger partial charge in [0.2, 0.25) is 5.91 Å². The maximum atomic E-state index is 11.9. The Bertz CT molecular complexity index is 326. The van der Waals surface area contributed by atoms with Crippen LogP contribution in [0.5, 0.6) is 0 Å². The average molecular weight is 271 g/mol. The van der Waals surface area contributed by atoms with Gasteiger partial charge in [0.05, 0.1) is 12.0 Å². The molecule has 6 nitrogen and oxygen atoms in total. The van der Waals surface area contributed by atoms with Crippen LogP contribution in [-0.4, -0.2) is 43.3 Å². The summed E-state index contributed by atoms with van der Waals surface area (Å²) in [7, 11) is 0. The molecule has 2 amide bonds. The number of ether oxygens (including phenoxy) is 1. The van der Waals surface area contributed by atoms with E-state index >= 15 is 0 Å². The first-order chi connectivity index (χ1) is 8.83. The first-order valence-electron chi connectivity index (χ1n) is 6.81. The Morgan fingerprint density at radius 1 is 1.37 bits per heavy atom. The van der Waals surface area contributed by atoms with Crippen molar-refractivity contribution < 1.29 is 14.3 Å². The van der Waals surface area contributed by atoms with Crippen molar-refractivity contribution in [3.05, 3.63) is 0 Å². The van der Waals surface area contributed by atoms with Crippen LogP contribution >= 0.6 is 0 Å². The molecule has 0 aromatic heterocycles. The van der Waals surface area contributed by atoms with Crippen LogP contribution in [0.2, 0.25) is 0 Å². The molecule has 6 heteroatoms. The fraction of sp³-hybridized carbons (Fsp3) is 0.846. The van der Waals surface area contributed by atoms with Crippen LogP contribution in [0.4, 0.5) is 4.79 Å². The van der Waals surface area contributed by atoms with Crippen molar-refractivity contribution in [2.24, 2.45) is 5.92 Å². The number of rotatable bonds is 3. The largest absolute Gasteiger partial charge is 0.444 e. The number of carbonyl (C=O) groups excluding carboxylic acids is 2. The van der Waals surface area contributed by atoms with Crippen LogP contribution in [-0.2, 0) is 9.53 Å². The van der Waals surface area contributed by atoms with Gasteiger partial charge in [-0.3, -0.25) is 4.79 Å². The lowest BCUT2D eigenvalue weighted by atomic mass is 9.92. The molecule has 0 aromatic rings. The summed E-state index contributed by atoms with van der Waals surface area (Å²) in [5.41, 5.74) is -0.534. The van der Waals surface area contributed by atoms with Crippen molar-refractivity contribution in [3.8, 4) is 0 Å². The van der Waals surface area contributed by atoms with Crippen LogP contribution in [0, 0.1) is 5.92 Å². The van der Waals surface area contributed by atoms with Gasteiger partial charge in [0.1, 0.15) is 5.60 Å². The highest BCUT2D eigenvalue weighted by Crippen LogP contribution is 2.14. The molecule has 0 aliphatic carbocycles. The molecule has 1 saturated heterocycles. The quantitative estimate of drug-likeness (QED) is 0.703. The Morgan fingerprint density at radius 3 is 2.63 bits per heavy atom. The predicted octanol–water partition coefficient (Wildman–Crippen LogP) is 0.625. The van der Waals surface area contributed by atoms with Crippen LogP contribution in [0.3, 0.4) is 0 Å². The van der Waals surface area contributed by atoms with E-state index in [1.54, 1.807) is 0 Å². The molecular formula is C13H25N3O3. The van der Waals surface area contributed by atoms with Crippen molar-refractivity contribution in [2.75, 3.05) is 19.6 Å². The van der Waals surface area contributed by atoms with E-state index in [2.05, 4.69) is 16.0 Å². The number of hydrogen-bond donors (Lipinski definition) is 3. The fourth-order valence-electron chi connectivity index (χ4n) is 2.09. The van der Waals surface area contributed by atoms with E-state index in [0.717, 1.165) is 6.54 Å². The Hall–Kier alpha value is -1.30. The van der Waals surface area contributed by atoms with Crippen LogP contribution < -0.4 is 16.0 Å². The van der Waals surface area contributed by atoms with E-state index in [0.29, 0.717) is 19.5 Å². The molecule has 1 fully saturated rings. The molecule has 0 unspecified atom stereocenters. The zero-order valence-corrected chi connectivity index (χ0v) is 12.2. The highest BCUT2D eigenvalue weighted by Gasteiger charge is 2.32. The molecule has 0 aromatic carbocycles. The van der Waals surface area contributed by atoms with Gasteiger partial charge >= 0.3 is 6.09 Å². The van der Waals surface area contributed by atoms with Gasteiger partial charge in [-0.1, -0.05) is 0 Å². The molecule has 19 heavy (non-hydrogen) atoms. The van der Waals surface area contributed by atoms with E-state index in [4.69, 9.17) is 4.74 Å². The van der Waals surface area contributed by atoms with E-state index in [-0.39, 0.29) is 17.9 Å². The molecule has 0 radical (unpaired) electrons. The molecule has 2 atom stereocenters. The van der Waals surface area contributed by atoms with E-state index in [1.165, 1.54) is 0 Å². The van der Waals surface area contributed by atoms with E-state index in [1.807, 2.05) is 27.7 Å². The zero-order valence-electron chi connectivity index (χ0n) is 12.2. The number of alkyl carbamates (subject to hydrolysis) is 1. The van der Waals surface area contributed by atoms with Gasteiger partial charge in [0.15, 0.2) is 0 Å². The summed E-state index contributed by atoms with van der Waals surface area (Å²) in [6, 6.07) is -0.227. The lowest BCUT2D eigenvalue weighted by molar-refractivity contribution is -0.126. The second-order valence-corrected chi connectivity index (χ2v) is 5.75. The molecule has 0 bridgehead atoms. The Morgan fingerprint density at radius 2 is 2.05 bits per heavy atom. The highest BCUT2D eigenvalue weighted by molar-refractivity contribution is 5.80. The Kier molecular flexibility index (Phi) is 5.60. The first kappa shape index (κ1) is 15.8. The summed E-state index contributed by atoms with van der Waals surface area (Å²) in [4.78, 5) is 23.7. The summed E-state index contributed by atoms with van der Waals surface area (Å²) in [6.07, 6.45) is 0.238. The van der Waals surface area contributed by atoms with Gasteiger partial charge in [-0.15, -0.1) is 0 Å². The third kappa shape index (κ3) is 5.46. The highest BCUT2D eigenvalue weighted by atomic mass is 16.6. The lowest BCUT2D eigenvalue weighted by Crippen LogP contribution is -2.56. The van der Waals surface area contributed by atoms with Gasteiger partial charge in [-0.05, 0) is 40.7 Å². The minimum absolute atomic E-state index is 0.00920. The topological polar surface area (TPSA) is 79.5 Å². The van der Waals surface area contributed by atoms with Crippen molar-refractivity contribution in [3.63, 3.8) is 0 Å². The molecule has 1 rings (SSSR count). The summed E-state index contributed by atoms with van der Waals surface area (Å²) in [6.45, 7) is 9.29. The minimum Gasteiger partial charge on any atom is -0.444 e. The molecule has 1 aliphatic rings. The minimum atomic E-state index is -0.534. The second kappa shape index (κ2) is 6.75. The molecule has 1 heterocycles. The van der Waals surface area contributed by atoms with Gasteiger partial charge in [0.25, 0.3) is 0 Å². The summed E-state index contributed by atoms with van der Waals surface area (Å²) in [5, 5.41) is 8.77. The molecule has 1 aliphatic heterocycles. The molecule has 3 N–H and O–H groups in total. The maximum Gasteiger partial charge on any atom is 0.407 e. The number of carbonyl (C=O) groups is 2. The number of nitrogens with one attached hydrogen (secondary N) is 3. The molecule has 0 saturated carbocycles. The Labute approximate surface area is 114 Å². The van der Waals surface area contributed by atoms with Gasteiger partial charge in [-0.2, -0.15) is 0 Å². The number of piperidine rings is 1. The Balaban J connectivity index is 2.57. The monoisotopic (exact) mass is 271 g/mol. The van der Waals surface area contributed by atoms with Crippen LogP contribution in [0.1, 0.15) is 34.1 Å². The standard InChI is InChI=1S/C13H25N3O3/c1-5-15-11(17)9-6-7-14-8-10(9)16-12(18)19-13(2,3)4/h9-10,14H,5-8H2,1-4H3,(H,15,17)(H,16,18)/t9-,10-/m0/s1. The lowest BCUT2D eigenvalue weighted by Gasteiger charge is -2.32. The number of amides is 2. The van der Waals surface area contributed by atoms with Crippen LogP contribution in [0.15, 0.2) is 0 Å². The second-order valence-electron chi connectivity index (χ2n) is 5.75. The average Bonchev–Trinajstić information content (AvgIpc) is 2.27. The van der Waals surface area contributed by atoms with Crippen molar-refractivity contribution in [2.45, 2.75) is 45.8 Å². The molecule has 110 valence electrons. The van der Waals surface area contributed by atoms with Crippen LogP contribution in [0.25, 0.3) is 0 Å². The van der Waals surface area contributed by atoms with Crippen molar-refractivity contribution in [1.29, 1.82) is 0 Å². The summed E-state index contributed by atoms with van der Waals surface area (Å²) in [5.74, 6) is -0.209. The van der Waals surface area contributed by atoms with Gasteiger partial charge < -0.3 is 20.7 Å². The summed E-state index contributed by atoms with van der Waals surface area (Å²) < 4.78 is 5.22. The third-order valence-corrected chi connectivity index (χ3v) is 2.87. The van der Waals surface area contributed by atoms with E-state index in [9.17, 15) is 9.59 Å². The fourth-order valence-corrected chi connectivity index (χ4v) is 2.09. The smallest absolute Gasteiger partial charge is 0.407 e. The van der Waals surface area contributed by atoms with Gasteiger partial charge in [0, 0.05) is 13.1 Å². The molecular weight excluding hydrogens is 246 g/mol. The third-order valence-electron chi connectivity index (χ3n) is 2.87. The maximum absolute atomic E-state index is 11.9. The first-order valence-corrected chi connectivity index (χ1v) is 6.81. The normalized spacial score (nSPS) is 23.6. The van der Waals surface area contributed by atoms with Gasteiger partial charge in [-0.25, -0.2) is 4.79 Å². The SMILES string of the molecule is CCNC(=O)[C@H]1CCNC[C@@H]1NC(=O)OC(C)(C)C. The molecule has 0 spiro atoms. The van der Waals surface area contributed by atoms with Crippen molar-refractivity contribution in [1.82, 2.24) is 16.0 Å². The zero-order chi connectivity index (χ0) is 14.5. The summed E-state index contributed by atoms with van der Waals surface area (Å²) >= 11 is 0. The predicted molar refractivity (Wildman–Crippen MR) is 72.8 cm³/mol. The van der Waals surface area contributed by atoms with Crippen molar-refractivity contribution >= 4 is 12.0 Å².